The van der Waals surface area contributed by atoms with Crippen LogP contribution in [0.4, 0.5) is 0 Å². The lowest BCUT2D eigenvalue weighted by atomic mass is 9.99. The second-order valence-corrected chi connectivity index (χ2v) is 7.60. The van der Waals surface area contributed by atoms with E-state index in [4.69, 9.17) is 5.11 Å². The Morgan fingerprint density at radius 2 is 1.25 bits per heavy atom. The average molecular weight is 393 g/mol. The molecule has 5 heteroatoms. The van der Waals surface area contributed by atoms with Gasteiger partial charge < -0.3 is 15.3 Å². The molecule has 0 aliphatic heterocycles. The summed E-state index contributed by atoms with van der Waals surface area (Å²) < 4.78 is 0. The summed E-state index contributed by atoms with van der Waals surface area (Å²) in [7, 11) is 0. The third-order valence-corrected chi connectivity index (χ3v) is 5.06. The Morgan fingerprint density at radius 3 is 1.75 bits per heavy atom. The summed E-state index contributed by atoms with van der Waals surface area (Å²) in [6, 6.07) is 2.91. The van der Waals surface area contributed by atoms with Crippen molar-refractivity contribution in [3.05, 3.63) is 23.3 Å². The summed E-state index contributed by atoms with van der Waals surface area (Å²) in [5.74, 6) is -0.767. The predicted molar refractivity (Wildman–Crippen MR) is 111 cm³/mol. The molecule has 0 spiro atoms. The Hall–Kier alpha value is -2.04. The van der Waals surface area contributed by atoms with Crippen molar-refractivity contribution in [2.75, 3.05) is 0 Å². The fraction of sp³-hybridized carbons (Fsp3) is 0.652. The molecule has 0 saturated carbocycles. The molecule has 158 valence electrons. The molecule has 0 radical (unpaired) electrons. The van der Waals surface area contributed by atoms with Gasteiger partial charge in [-0.15, -0.1) is 0 Å². The normalized spacial score (nSPS) is 10.9. The number of aryl methyl sites for hydroxylation is 1. The van der Waals surface area contributed by atoms with Crippen LogP contribution in [0, 0.1) is 0 Å². The number of carboxylic acid groups (broad SMARTS) is 1. The molecular formula is C23H36O5. The Bertz CT molecular complexity index is 609. The van der Waals surface area contributed by atoms with Crippen LogP contribution >= 0.6 is 0 Å². The molecule has 0 saturated heterocycles. The summed E-state index contributed by atoms with van der Waals surface area (Å²) >= 11 is 0. The standard InChI is InChI=1S/C23H36O5/c1-2-13-18-16-22(26)19(17-21(18)25)20(24)14-11-9-7-5-3-4-6-8-10-12-15-23(27)28/h16-17,25-26H,2-15H2,1H3,(H,27,28). The summed E-state index contributed by atoms with van der Waals surface area (Å²) in [4.78, 5) is 22.7. The van der Waals surface area contributed by atoms with E-state index in [2.05, 4.69) is 0 Å². The lowest BCUT2D eigenvalue weighted by Crippen LogP contribution is -2.01. The van der Waals surface area contributed by atoms with Gasteiger partial charge in [-0.05, 0) is 37.0 Å². The highest BCUT2D eigenvalue weighted by Crippen LogP contribution is 2.29. The van der Waals surface area contributed by atoms with Gasteiger partial charge in [0.05, 0.1) is 5.56 Å². The van der Waals surface area contributed by atoms with Crippen LogP contribution in [-0.4, -0.2) is 27.1 Å². The molecule has 0 heterocycles. The predicted octanol–water partition coefficient (Wildman–Crippen LogP) is 6.00. The average Bonchev–Trinajstić information content (AvgIpc) is 2.65. The molecule has 1 aromatic rings. The molecule has 0 amide bonds. The number of benzene rings is 1. The number of hydrogen-bond donors (Lipinski definition) is 3. The number of rotatable bonds is 16. The number of Topliss-reactive ketones (excluding diaryl/α,β-unsaturated/α-hetero) is 1. The Kier molecular flexibility index (Phi) is 12.0. The van der Waals surface area contributed by atoms with Crippen LogP contribution in [0.5, 0.6) is 11.5 Å². The molecule has 0 fully saturated rings. The zero-order chi connectivity index (χ0) is 20.8. The van der Waals surface area contributed by atoms with Crippen molar-refractivity contribution in [2.45, 2.75) is 96.8 Å². The highest BCUT2D eigenvalue weighted by atomic mass is 16.4. The van der Waals surface area contributed by atoms with Gasteiger partial charge in [-0.3, -0.25) is 9.59 Å². The summed E-state index contributed by atoms with van der Waals surface area (Å²) in [6.07, 6.45) is 12.7. The van der Waals surface area contributed by atoms with E-state index in [1.807, 2.05) is 6.92 Å². The van der Waals surface area contributed by atoms with E-state index in [0.29, 0.717) is 18.4 Å². The van der Waals surface area contributed by atoms with Gasteiger partial charge in [0.2, 0.25) is 0 Å². The minimum absolute atomic E-state index is 0.0328. The van der Waals surface area contributed by atoms with Crippen molar-refractivity contribution >= 4 is 11.8 Å². The van der Waals surface area contributed by atoms with E-state index in [-0.39, 0.29) is 29.3 Å². The van der Waals surface area contributed by atoms with E-state index in [9.17, 15) is 19.8 Å². The van der Waals surface area contributed by atoms with E-state index >= 15 is 0 Å². The van der Waals surface area contributed by atoms with Crippen LogP contribution in [0.25, 0.3) is 0 Å². The van der Waals surface area contributed by atoms with Gasteiger partial charge in [-0.1, -0.05) is 64.7 Å². The number of carboxylic acids is 1. The van der Waals surface area contributed by atoms with Crippen molar-refractivity contribution in [2.24, 2.45) is 0 Å². The SMILES string of the molecule is CCCc1cc(O)c(C(=O)CCCCCCCCCCCCC(=O)O)cc1O. The van der Waals surface area contributed by atoms with Crippen molar-refractivity contribution in [3.63, 3.8) is 0 Å². The highest BCUT2D eigenvalue weighted by Gasteiger charge is 2.14. The summed E-state index contributed by atoms with van der Waals surface area (Å²) in [5, 5.41) is 28.6. The smallest absolute Gasteiger partial charge is 0.303 e. The number of phenols is 2. The Labute approximate surface area is 168 Å². The first kappa shape index (κ1) is 24.0. The van der Waals surface area contributed by atoms with Gasteiger partial charge in [0, 0.05) is 12.8 Å². The van der Waals surface area contributed by atoms with Crippen LogP contribution in [-0.2, 0) is 11.2 Å². The van der Waals surface area contributed by atoms with Crippen molar-refractivity contribution in [1.82, 2.24) is 0 Å². The monoisotopic (exact) mass is 392 g/mol. The molecule has 0 atom stereocenters. The molecule has 1 rings (SSSR count). The van der Waals surface area contributed by atoms with E-state index in [1.54, 1.807) is 0 Å². The summed E-state index contributed by atoms with van der Waals surface area (Å²) in [5.41, 5.74) is 0.902. The van der Waals surface area contributed by atoms with Crippen LogP contribution < -0.4 is 0 Å². The van der Waals surface area contributed by atoms with Gasteiger partial charge >= 0.3 is 5.97 Å². The zero-order valence-corrected chi connectivity index (χ0v) is 17.2. The minimum Gasteiger partial charge on any atom is -0.508 e. The topological polar surface area (TPSA) is 94.8 Å². The number of carbonyl (C=O) groups is 2. The first-order valence-corrected chi connectivity index (χ1v) is 10.8. The van der Waals surface area contributed by atoms with Crippen LogP contribution in [0.2, 0.25) is 0 Å². The van der Waals surface area contributed by atoms with Crippen molar-refractivity contribution in [3.8, 4) is 11.5 Å². The lowest BCUT2D eigenvalue weighted by Gasteiger charge is -2.09. The third kappa shape index (κ3) is 9.77. The molecule has 0 aliphatic carbocycles. The van der Waals surface area contributed by atoms with Gasteiger partial charge in [0.15, 0.2) is 5.78 Å². The Morgan fingerprint density at radius 1 is 0.750 bits per heavy atom. The lowest BCUT2D eigenvalue weighted by molar-refractivity contribution is -0.137. The number of hydrogen-bond acceptors (Lipinski definition) is 4. The molecule has 0 bridgehead atoms. The molecule has 3 N–H and O–H groups in total. The highest BCUT2D eigenvalue weighted by molar-refractivity contribution is 5.99. The molecule has 28 heavy (non-hydrogen) atoms. The van der Waals surface area contributed by atoms with E-state index < -0.39 is 5.97 Å². The summed E-state index contributed by atoms with van der Waals surface area (Å²) in [6.45, 7) is 2.00. The van der Waals surface area contributed by atoms with Crippen LogP contribution in [0.15, 0.2) is 12.1 Å². The van der Waals surface area contributed by atoms with Crippen LogP contribution in [0.3, 0.4) is 0 Å². The zero-order valence-electron chi connectivity index (χ0n) is 17.2. The Balaban J connectivity index is 2.11. The number of aromatic hydroxyl groups is 2. The van der Waals surface area contributed by atoms with E-state index in [1.165, 1.54) is 25.0 Å². The second kappa shape index (κ2) is 14.0. The minimum atomic E-state index is -0.709. The molecule has 1 aromatic carbocycles. The van der Waals surface area contributed by atoms with Gasteiger partial charge in [0.1, 0.15) is 11.5 Å². The quantitative estimate of drug-likeness (QED) is 0.182. The fourth-order valence-corrected chi connectivity index (χ4v) is 3.42. The molecule has 0 aliphatic rings. The number of aliphatic carboxylic acids is 1. The number of unbranched alkanes of at least 4 members (excludes halogenated alkanes) is 9. The fourth-order valence-electron chi connectivity index (χ4n) is 3.42. The first-order valence-electron chi connectivity index (χ1n) is 10.8. The largest absolute Gasteiger partial charge is 0.508 e. The molecule has 0 unspecified atom stereocenters. The maximum Gasteiger partial charge on any atom is 0.303 e. The van der Waals surface area contributed by atoms with Crippen molar-refractivity contribution < 1.29 is 24.9 Å². The number of ketones is 1. The third-order valence-electron chi connectivity index (χ3n) is 5.06. The number of phenolic OH excluding ortho intramolecular Hbond substituents is 2. The number of carbonyl (C=O) groups excluding carboxylic acids is 1. The molecule has 5 nitrogen and oxygen atoms in total. The maximum absolute atomic E-state index is 12.3. The van der Waals surface area contributed by atoms with Gasteiger partial charge in [-0.25, -0.2) is 0 Å². The molecule has 0 aromatic heterocycles. The maximum atomic E-state index is 12.3. The van der Waals surface area contributed by atoms with E-state index in [0.717, 1.165) is 57.8 Å². The van der Waals surface area contributed by atoms with Crippen molar-refractivity contribution in [1.29, 1.82) is 0 Å². The van der Waals surface area contributed by atoms with Gasteiger partial charge in [0.25, 0.3) is 0 Å². The first-order chi connectivity index (χ1) is 13.5. The van der Waals surface area contributed by atoms with Crippen LogP contribution in [0.1, 0.15) is 106 Å². The van der Waals surface area contributed by atoms with Gasteiger partial charge in [-0.2, -0.15) is 0 Å². The second-order valence-electron chi connectivity index (χ2n) is 7.60. The molecular weight excluding hydrogens is 356 g/mol.